The van der Waals surface area contributed by atoms with E-state index in [1.54, 1.807) is 12.1 Å². The summed E-state index contributed by atoms with van der Waals surface area (Å²) in [7, 11) is 0. The van der Waals surface area contributed by atoms with Crippen molar-refractivity contribution in [2.45, 2.75) is 50.3 Å². The second kappa shape index (κ2) is 7.01. The van der Waals surface area contributed by atoms with Gasteiger partial charge in [-0.05, 0) is 55.0 Å². The molecule has 4 nitrogen and oxygen atoms in total. The van der Waals surface area contributed by atoms with E-state index >= 15 is 0 Å². The number of alkyl halides is 3. The average Bonchev–Trinajstić information content (AvgIpc) is 3.33. The van der Waals surface area contributed by atoms with E-state index in [4.69, 9.17) is 16.4 Å². The van der Waals surface area contributed by atoms with E-state index in [1.807, 2.05) is 0 Å². The van der Waals surface area contributed by atoms with Crippen LogP contribution < -0.4 is 0 Å². The van der Waals surface area contributed by atoms with Gasteiger partial charge >= 0.3 is 6.18 Å². The molecule has 5 rings (SSSR count). The van der Waals surface area contributed by atoms with E-state index in [-0.39, 0.29) is 11.2 Å². The quantitative estimate of drug-likeness (QED) is 0.487. The number of aromatic amines is 1. The Morgan fingerprint density at radius 2 is 1.83 bits per heavy atom. The monoisotopic (exact) mass is 433 g/mol. The number of halogens is 4. The zero-order chi connectivity index (χ0) is 20.9. The SMILES string of the molecule is FC(F)(F)c1ccccc1-c1cc(Cl)c2[nH]c(C3=NOC4(CCCCC4)C3)nc2c1. The molecule has 30 heavy (non-hydrogen) atoms. The maximum atomic E-state index is 13.4. The van der Waals surface area contributed by atoms with Crippen LogP contribution in [0.3, 0.4) is 0 Å². The van der Waals surface area contributed by atoms with Crippen molar-refractivity contribution in [2.24, 2.45) is 5.16 Å². The first-order chi connectivity index (χ1) is 14.3. The summed E-state index contributed by atoms with van der Waals surface area (Å²) in [6.45, 7) is 0. The average molecular weight is 434 g/mol. The van der Waals surface area contributed by atoms with Crippen LogP contribution in [0.25, 0.3) is 22.2 Å². The third-order valence-electron chi connectivity index (χ3n) is 5.97. The fraction of sp³-hybridized carbons (Fsp3) is 0.364. The molecule has 2 aliphatic rings. The molecule has 2 heterocycles. The lowest BCUT2D eigenvalue weighted by molar-refractivity contribution is -0.137. The summed E-state index contributed by atoms with van der Waals surface area (Å²) in [5.74, 6) is 0.551. The Balaban J connectivity index is 1.52. The lowest BCUT2D eigenvalue weighted by Gasteiger charge is -2.30. The number of benzene rings is 2. The summed E-state index contributed by atoms with van der Waals surface area (Å²) in [6.07, 6.45) is 1.61. The van der Waals surface area contributed by atoms with E-state index in [0.29, 0.717) is 33.9 Å². The van der Waals surface area contributed by atoms with Crippen molar-refractivity contribution >= 4 is 28.3 Å². The molecule has 0 unspecified atom stereocenters. The molecule has 0 atom stereocenters. The van der Waals surface area contributed by atoms with Crippen LogP contribution in [0.5, 0.6) is 0 Å². The molecule has 1 aromatic heterocycles. The molecule has 3 aromatic rings. The summed E-state index contributed by atoms with van der Waals surface area (Å²) in [5, 5.41) is 4.58. The van der Waals surface area contributed by atoms with Gasteiger partial charge in [0.25, 0.3) is 0 Å². The lowest BCUT2D eigenvalue weighted by atomic mass is 9.81. The summed E-state index contributed by atoms with van der Waals surface area (Å²) in [5.41, 5.74) is 1.29. The van der Waals surface area contributed by atoms with Gasteiger partial charge in [-0.1, -0.05) is 41.4 Å². The Morgan fingerprint density at radius 3 is 2.60 bits per heavy atom. The predicted octanol–water partition coefficient (Wildman–Crippen LogP) is 6.73. The Morgan fingerprint density at radius 1 is 1.07 bits per heavy atom. The van der Waals surface area contributed by atoms with Gasteiger partial charge in [-0.2, -0.15) is 13.2 Å². The number of fused-ring (bicyclic) bond motifs is 1. The van der Waals surface area contributed by atoms with Gasteiger partial charge in [0, 0.05) is 6.42 Å². The van der Waals surface area contributed by atoms with Gasteiger partial charge in [-0.25, -0.2) is 4.98 Å². The fourth-order valence-corrected chi connectivity index (χ4v) is 4.72. The Kier molecular flexibility index (Phi) is 4.54. The van der Waals surface area contributed by atoms with Gasteiger partial charge in [-0.15, -0.1) is 0 Å². The molecule has 0 amide bonds. The molecule has 1 fully saturated rings. The minimum atomic E-state index is -4.46. The molecule has 1 N–H and O–H groups in total. The smallest absolute Gasteiger partial charge is 0.388 e. The number of hydrogen-bond acceptors (Lipinski definition) is 3. The Hall–Kier alpha value is -2.54. The van der Waals surface area contributed by atoms with E-state index in [1.165, 1.54) is 24.6 Å². The normalized spacial score (nSPS) is 18.6. The number of rotatable bonds is 2. The molecule has 1 saturated carbocycles. The van der Waals surface area contributed by atoms with Gasteiger partial charge in [0.15, 0.2) is 5.82 Å². The molecule has 0 bridgehead atoms. The largest absolute Gasteiger partial charge is 0.417 e. The van der Waals surface area contributed by atoms with E-state index < -0.39 is 11.7 Å². The van der Waals surface area contributed by atoms with Gasteiger partial charge in [0.05, 0.1) is 21.6 Å². The maximum Gasteiger partial charge on any atom is 0.417 e. The zero-order valence-electron chi connectivity index (χ0n) is 16.0. The summed E-state index contributed by atoms with van der Waals surface area (Å²) in [4.78, 5) is 13.5. The highest BCUT2D eigenvalue weighted by Gasteiger charge is 2.41. The highest BCUT2D eigenvalue weighted by atomic mass is 35.5. The molecule has 0 saturated heterocycles. The molecular weight excluding hydrogens is 415 g/mol. The van der Waals surface area contributed by atoms with Crippen molar-refractivity contribution in [3.8, 4) is 11.1 Å². The maximum absolute atomic E-state index is 13.4. The number of H-pyrrole nitrogens is 1. The lowest BCUT2D eigenvalue weighted by Crippen LogP contribution is -2.31. The minimum Gasteiger partial charge on any atom is -0.388 e. The van der Waals surface area contributed by atoms with Crippen LogP contribution >= 0.6 is 11.6 Å². The first kappa shape index (κ1) is 19.4. The number of imidazole rings is 1. The number of nitrogens with zero attached hydrogens (tertiary/aromatic N) is 2. The standard InChI is InChI=1S/C22H19ClF3N3O/c23-16-10-13(14-6-2-3-7-15(14)22(24,25)26)11-17-19(16)28-20(27-17)18-12-21(30-29-18)8-4-1-5-9-21/h2-3,6-7,10-11H,1,4-5,8-9,12H2,(H,27,28). The van der Waals surface area contributed by atoms with Crippen LogP contribution in [0.15, 0.2) is 41.6 Å². The topological polar surface area (TPSA) is 50.3 Å². The third-order valence-corrected chi connectivity index (χ3v) is 6.26. The van der Waals surface area contributed by atoms with E-state index in [2.05, 4.69) is 15.1 Å². The van der Waals surface area contributed by atoms with Crippen LogP contribution in [0, 0.1) is 0 Å². The molecule has 1 aliphatic carbocycles. The molecule has 8 heteroatoms. The first-order valence-corrected chi connectivity index (χ1v) is 10.3. The van der Waals surface area contributed by atoms with Crippen LogP contribution in [0.2, 0.25) is 5.02 Å². The van der Waals surface area contributed by atoms with Gasteiger partial charge < -0.3 is 9.82 Å². The third kappa shape index (κ3) is 3.35. The highest BCUT2D eigenvalue weighted by molar-refractivity contribution is 6.35. The van der Waals surface area contributed by atoms with Crippen molar-refractivity contribution in [3.63, 3.8) is 0 Å². The van der Waals surface area contributed by atoms with E-state index in [0.717, 1.165) is 37.5 Å². The van der Waals surface area contributed by atoms with Crippen LogP contribution in [0.1, 0.15) is 49.9 Å². The Bertz CT molecular complexity index is 1150. The molecule has 2 aromatic carbocycles. The van der Waals surface area contributed by atoms with E-state index in [9.17, 15) is 13.2 Å². The molecule has 1 aliphatic heterocycles. The number of oxime groups is 1. The second-order valence-corrected chi connectivity index (χ2v) is 8.44. The predicted molar refractivity (Wildman–Crippen MR) is 110 cm³/mol. The van der Waals surface area contributed by atoms with Crippen molar-refractivity contribution in [1.82, 2.24) is 9.97 Å². The highest BCUT2D eigenvalue weighted by Crippen LogP contribution is 2.41. The Labute approximate surface area is 176 Å². The van der Waals surface area contributed by atoms with Crippen LogP contribution in [-0.4, -0.2) is 21.3 Å². The van der Waals surface area contributed by atoms with Crippen LogP contribution in [0.4, 0.5) is 13.2 Å². The van der Waals surface area contributed by atoms with Crippen molar-refractivity contribution < 1.29 is 18.0 Å². The van der Waals surface area contributed by atoms with Crippen LogP contribution in [-0.2, 0) is 11.0 Å². The second-order valence-electron chi connectivity index (χ2n) is 8.03. The fourth-order valence-electron chi connectivity index (χ4n) is 4.46. The zero-order valence-corrected chi connectivity index (χ0v) is 16.8. The van der Waals surface area contributed by atoms with Gasteiger partial charge in [0.2, 0.25) is 0 Å². The van der Waals surface area contributed by atoms with Crippen molar-refractivity contribution in [1.29, 1.82) is 0 Å². The summed E-state index contributed by atoms with van der Waals surface area (Å²) < 4.78 is 40.3. The minimum absolute atomic E-state index is 0.0704. The molecular formula is C22H19ClF3N3O. The molecule has 0 radical (unpaired) electrons. The molecule has 1 spiro atoms. The summed E-state index contributed by atoms with van der Waals surface area (Å²) >= 11 is 6.42. The van der Waals surface area contributed by atoms with Gasteiger partial charge in [0.1, 0.15) is 11.3 Å². The summed E-state index contributed by atoms with van der Waals surface area (Å²) in [6, 6.07) is 8.61. The van der Waals surface area contributed by atoms with Crippen molar-refractivity contribution in [3.05, 3.63) is 52.8 Å². The molecule has 156 valence electrons. The number of nitrogens with one attached hydrogen (secondary N) is 1. The first-order valence-electron chi connectivity index (χ1n) is 9.96. The van der Waals surface area contributed by atoms with Gasteiger partial charge in [-0.3, -0.25) is 0 Å². The number of aromatic nitrogens is 2. The number of hydrogen-bond donors (Lipinski definition) is 1. The van der Waals surface area contributed by atoms with Crippen molar-refractivity contribution in [2.75, 3.05) is 0 Å².